The van der Waals surface area contributed by atoms with E-state index in [1.807, 2.05) is 11.3 Å². The van der Waals surface area contributed by atoms with Gasteiger partial charge in [-0.2, -0.15) is 0 Å². The van der Waals surface area contributed by atoms with Crippen molar-refractivity contribution in [3.05, 3.63) is 22.4 Å². The Hall–Kier alpha value is -0.340. The van der Waals surface area contributed by atoms with Crippen molar-refractivity contribution >= 4 is 11.3 Å². The van der Waals surface area contributed by atoms with Gasteiger partial charge in [0, 0.05) is 10.9 Å². The maximum absolute atomic E-state index is 6.36. The molecule has 2 aliphatic carbocycles. The van der Waals surface area contributed by atoms with E-state index >= 15 is 0 Å². The van der Waals surface area contributed by atoms with Crippen LogP contribution in [0, 0.1) is 17.8 Å². The molecule has 15 heavy (non-hydrogen) atoms. The summed E-state index contributed by atoms with van der Waals surface area (Å²) in [5.41, 5.74) is 6.36. The summed E-state index contributed by atoms with van der Waals surface area (Å²) in [6.07, 6.45) is 6.92. The Morgan fingerprint density at radius 3 is 2.93 bits per heavy atom. The molecule has 0 saturated heterocycles. The number of rotatable bonds is 3. The van der Waals surface area contributed by atoms with E-state index in [0.29, 0.717) is 6.04 Å². The van der Waals surface area contributed by atoms with E-state index in [-0.39, 0.29) is 0 Å². The zero-order valence-corrected chi connectivity index (χ0v) is 9.88. The van der Waals surface area contributed by atoms with Crippen molar-refractivity contribution in [2.75, 3.05) is 0 Å². The molecule has 1 nitrogen and oxygen atoms in total. The van der Waals surface area contributed by atoms with E-state index in [0.717, 1.165) is 24.2 Å². The first kappa shape index (κ1) is 9.86. The van der Waals surface area contributed by atoms with Crippen molar-refractivity contribution in [1.29, 1.82) is 0 Å². The summed E-state index contributed by atoms with van der Waals surface area (Å²) in [7, 11) is 0. The van der Waals surface area contributed by atoms with Gasteiger partial charge in [0.15, 0.2) is 0 Å². The van der Waals surface area contributed by atoms with Gasteiger partial charge in [0.1, 0.15) is 0 Å². The van der Waals surface area contributed by atoms with Gasteiger partial charge in [-0.3, -0.25) is 0 Å². The molecule has 3 rings (SSSR count). The topological polar surface area (TPSA) is 26.0 Å². The van der Waals surface area contributed by atoms with Gasteiger partial charge in [0.05, 0.1) is 0 Å². The Labute approximate surface area is 95.7 Å². The average molecular weight is 221 g/mol. The summed E-state index contributed by atoms with van der Waals surface area (Å²) >= 11 is 1.85. The minimum atomic E-state index is 0.416. The molecule has 0 aliphatic heterocycles. The Bertz CT molecular complexity index is 319. The predicted octanol–water partition coefficient (Wildman–Crippen LogP) is 3.05. The van der Waals surface area contributed by atoms with Crippen LogP contribution in [0.3, 0.4) is 0 Å². The van der Waals surface area contributed by atoms with Gasteiger partial charge in [0.25, 0.3) is 0 Å². The summed E-state index contributed by atoms with van der Waals surface area (Å²) in [5.74, 6) is 2.81. The SMILES string of the molecule is NC(Cc1cccs1)C1CC2CCC1C2. The predicted molar refractivity (Wildman–Crippen MR) is 64.9 cm³/mol. The minimum Gasteiger partial charge on any atom is -0.327 e. The van der Waals surface area contributed by atoms with Crippen LogP contribution >= 0.6 is 11.3 Å². The van der Waals surface area contributed by atoms with Crippen LogP contribution in [0.1, 0.15) is 30.6 Å². The van der Waals surface area contributed by atoms with Crippen LogP contribution in [-0.4, -0.2) is 6.04 Å². The van der Waals surface area contributed by atoms with Gasteiger partial charge in [-0.25, -0.2) is 0 Å². The quantitative estimate of drug-likeness (QED) is 0.834. The Morgan fingerprint density at radius 1 is 1.40 bits per heavy atom. The summed E-state index contributed by atoms with van der Waals surface area (Å²) in [4.78, 5) is 1.46. The van der Waals surface area contributed by atoms with Crippen LogP contribution in [0.15, 0.2) is 17.5 Å². The molecule has 2 saturated carbocycles. The first-order chi connectivity index (χ1) is 7.33. The van der Waals surface area contributed by atoms with E-state index in [4.69, 9.17) is 5.73 Å². The summed E-state index contributed by atoms with van der Waals surface area (Å²) in [5, 5.41) is 2.16. The standard InChI is InChI=1S/C13H19NS/c14-13(8-11-2-1-5-15-11)12-7-9-3-4-10(12)6-9/h1-2,5,9-10,12-13H,3-4,6-8,14H2. The summed E-state index contributed by atoms with van der Waals surface area (Å²) in [6, 6.07) is 4.77. The Balaban J connectivity index is 1.63. The maximum Gasteiger partial charge on any atom is 0.0118 e. The van der Waals surface area contributed by atoms with E-state index in [9.17, 15) is 0 Å². The lowest BCUT2D eigenvalue weighted by Gasteiger charge is -2.27. The van der Waals surface area contributed by atoms with E-state index in [1.165, 1.54) is 30.6 Å². The number of hydrogen-bond acceptors (Lipinski definition) is 2. The highest BCUT2D eigenvalue weighted by Gasteiger charge is 2.41. The molecule has 0 spiro atoms. The summed E-state index contributed by atoms with van der Waals surface area (Å²) < 4.78 is 0. The molecule has 0 aromatic carbocycles. The van der Waals surface area contributed by atoms with Crippen LogP contribution in [-0.2, 0) is 6.42 Å². The second kappa shape index (κ2) is 3.91. The van der Waals surface area contributed by atoms with Crippen LogP contribution in [0.25, 0.3) is 0 Å². The average Bonchev–Trinajstić information content (AvgIpc) is 2.93. The second-order valence-electron chi connectivity index (χ2n) is 5.29. The smallest absolute Gasteiger partial charge is 0.0118 e. The highest BCUT2D eigenvalue weighted by atomic mass is 32.1. The first-order valence-corrected chi connectivity index (χ1v) is 6.99. The normalized spacial score (nSPS) is 35.9. The zero-order valence-electron chi connectivity index (χ0n) is 9.06. The third-order valence-electron chi connectivity index (χ3n) is 4.36. The Morgan fingerprint density at radius 2 is 2.33 bits per heavy atom. The summed E-state index contributed by atoms with van der Waals surface area (Å²) in [6.45, 7) is 0. The molecular weight excluding hydrogens is 202 g/mol. The molecule has 0 amide bonds. The molecule has 0 radical (unpaired) electrons. The van der Waals surface area contributed by atoms with Gasteiger partial charge in [-0.1, -0.05) is 12.5 Å². The number of nitrogens with two attached hydrogens (primary N) is 1. The molecule has 2 heteroatoms. The van der Waals surface area contributed by atoms with Crippen molar-refractivity contribution in [2.24, 2.45) is 23.5 Å². The first-order valence-electron chi connectivity index (χ1n) is 6.11. The lowest BCUT2D eigenvalue weighted by Crippen LogP contribution is -2.35. The van der Waals surface area contributed by atoms with E-state index < -0.39 is 0 Å². The van der Waals surface area contributed by atoms with Crippen molar-refractivity contribution in [3.8, 4) is 0 Å². The minimum absolute atomic E-state index is 0.416. The highest BCUT2D eigenvalue weighted by molar-refractivity contribution is 7.09. The third kappa shape index (κ3) is 1.85. The maximum atomic E-state index is 6.36. The van der Waals surface area contributed by atoms with Crippen molar-refractivity contribution in [2.45, 2.75) is 38.1 Å². The molecule has 2 bridgehead atoms. The molecule has 1 aromatic heterocycles. The van der Waals surface area contributed by atoms with Crippen LogP contribution < -0.4 is 5.73 Å². The second-order valence-corrected chi connectivity index (χ2v) is 6.32. The van der Waals surface area contributed by atoms with E-state index in [2.05, 4.69) is 17.5 Å². The molecule has 2 aliphatic rings. The third-order valence-corrected chi connectivity index (χ3v) is 5.26. The van der Waals surface area contributed by atoms with E-state index in [1.54, 1.807) is 0 Å². The van der Waals surface area contributed by atoms with Crippen molar-refractivity contribution in [1.82, 2.24) is 0 Å². The Kier molecular flexibility index (Phi) is 2.57. The zero-order chi connectivity index (χ0) is 10.3. The molecule has 2 N–H and O–H groups in total. The lowest BCUT2D eigenvalue weighted by molar-refractivity contribution is 0.281. The van der Waals surface area contributed by atoms with Gasteiger partial charge in [0.2, 0.25) is 0 Å². The van der Waals surface area contributed by atoms with Crippen LogP contribution in [0.2, 0.25) is 0 Å². The fourth-order valence-electron chi connectivity index (χ4n) is 3.63. The van der Waals surface area contributed by atoms with Crippen molar-refractivity contribution in [3.63, 3.8) is 0 Å². The number of fused-ring (bicyclic) bond motifs is 2. The van der Waals surface area contributed by atoms with Gasteiger partial charge < -0.3 is 5.73 Å². The molecule has 4 unspecified atom stereocenters. The van der Waals surface area contributed by atoms with Gasteiger partial charge in [-0.15, -0.1) is 11.3 Å². The largest absolute Gasteiger partial charge is 0.327 e. The van der Waals surface area contributed by atoms with Crippen molar-refractivity contribution < 1.29 is 0 Å². The molecule has 1 aromatic rings. The fourth-order valence-corrected chi connectivity index (χ4v) is 4.41. The number of hydrogen-bond donors (Lipinski definition) is 1. The molecule has 1 heterocycles. The lowest BCUT2D eigenvalue weighted by atomic mass is 9.82. The van der Waals surface area contributed by atoms with Crippen LogP contribution in [0.5, 0.6) is 0 Å². The highest BCUT2D eigenvalue weighted by Crippen LogP contribution is 2.49. The molecular formula is C13H19NS. The molecule has 2 fully saturated rings. The van der Waals surface area contributed by atoms with Gasteiger partial charge >= 0.3 is 0 Å². The number of thiophene rings is 1. The fraction of sp³-hybridized carbons (Fsp3) is 0.692. The van der Waals surface area contributed by atoms with Crippen LogP contribution in [0.4, 0.5) is 0 Å². The monoisotopic (exact) mass is 221 g/mol. The molecule has 4 atom stereocenters. The van der Waals surface area contributed by atoms with Gasteiger partial charge in [-0.05, 0) is 54.9 Å². The molecule has 82 valence electrons.